The van der Waals surface area contributed by atoms with E-state index in [0.29, 0.717) is 12.4 Å². The van der Waals surface area contributed by atoms with Gasteiger partial charge in [0, 0.05) is 24.1 Å². The van der Waals surface area contributed by atoms with Crippen LogP contribution < -0.4 is 16.2 Å². The van der Waals surface area contributed by atoms with E-state index in [1.807, 2.05) is 4.90 Å². The molecule has 0 aliphatic carbocycles. The van der Waals surface area contributed by atoms with Crippen molar-refractivity contribution in [1.82, 2.24) is 9.97 Å². The van der Waals surface area contributed by atoms with Crippen molar-refractivity contribution in [3.63, 3.8) is 0 Å². The lowest BCUT2D eigenvalue weighted by atomic mass is 9.96. The Hall–Kier alpha value is -1.40. The third kappa shape index (κ3) is 4.04. The van der Waals surface area contributed by atoms with Gasteiger partial charge in [-0.3, -0.25) is 0 Å². The highest BCUT2D eigenvalue weighted by atomic mass is 16.3. The lowest BCUT2D eigenvalue weighted by Gasteiger charge is -2.29. The van der Waals surface area contributed by atoms with Gasteiger partial charge < -0.3 is 15.4 Å². The van der Waals surface area contributed by atoms with Gasteiger partial charge in [-0.15, -0.1) is 0 Å². The zero-order chi connectivity index (χ0) is 14.6. The zero-order valence-electron chi connectivity index (χ0n) is 12.4. The van der Waals surface area contributed by atoms with Crippen molar-refractivity contribution in [3.05, 3.63) is 11.9 Å². The molecule has 0 radical (unpaired) electrons. The van der Waals surface area contributed by atoms with Crippen molar-refractivity contribution in [3.8, 4) is 0 Å². The standard InChI is InChI=1S/C13H25N5O/c1-9(2)18(6-7-19)11-8-10(17-14)15-12(16-11)13(3,4)5/h8-9,19H,6-7,14H2,1-5H3,(H,15,16,17). The number of rotatable bonds is 5. The van der Waals surface area contributed by atoms with Gasteiger partial charge in [-0.1, -0.05) is 20.8 Å². The highest BCUT2D eigenvalue weighted by molar-refractivity contribution is 5.50. The average molecular weight is 267 g/mol. The minimum atomic E-state index is -0.163. The second-order valence-corrected chi connectivity index (χ2v) is 5.84. The van der Waals surface area contributed by atoms with Crippen LogP contribution in [0.15, 0.2) is 6.07 Å². The number of aliphatic hydroxyl groups is 1. The topological polar surface area (TPSA) is 87.3 Å². The zero-order valence-corrected chi connectivity index (χ0v) is 12.4. The lowest BCUT2D eigenvalue weighted by Crippen LogP contribution is -2.35. The minimum Gasteiger partial charge on any atom is -0.395 e. The van der Waals surface area contributed by atoms with Gasteiger partial charge in [0.2, 0.25) is 0 Å². The number of nitrogens with one attached hydrogen (secondary N) is 1. The van der Waals surface area contributed by atoms with Crippen LogP contribution in [0.5, 0.6) is 0 Å². The van der Waals surface area contributed by atoms with Crippen molar-refractivity contribution < 1.29 is 5.11 Å². The van der Waals surface area contributed by atoms with Gasteiger partial charge in [-0.05, 0) is 13.8 Å². The lowest BCUT2D eigenvalue weighted by molar-refractivity contribution is 0.298. The first kappa shape index (κ1) is 15.7. The molecule has 1 heterocycles. The summed E-state index contributed by atoms with van der Waals surface area (Å²) in [5.74, 6) is 7.55. The number of hydrogen-bond acceptors (Lipinski definition) is 6. The van der Waals surface area contributed by atoms with Crippen LogP contribution in [0.25, 0.3) is 0 Å². The van der Waals surface area contributed by atoms with Gasteiger partial charge in [0.1, 0.15) is 17.5 Å². The van der Waals surface area contributed by atoms with Gasteiger partial charge in [0.25, 0.3) is 0 Å². The summed E-state index contributed by atoms with van der Waals surface area (Å²) >= 11 is 0. The molecule has 0 saturated carbocycles. The number of nitrogens with zero attached hydrogens (tertiary/aromatic N) is 3. The van der Waals surface area contributed by atoms with E-state index in [1.165, 1.54) is 0 Å². The van der Waals surface area contributed by atoms with Crippen LogP contribution in [0.3, 0.4) is 0 Å². The molecular weight excluding hydrogens is 242 g/mol. The van der Waals surface area contributed by atoms with Crippen LogP contribution in [0.4, 0.5) is 11.6 Å². The molecule has 0 fully saturated rings. The monoisotopic (exact) mass is 267 g/mol. The van der Waals surface area contributed by atoms with Gasteiger partial charge in [-0.2, -0.15) is 0 Å². The second-order valence-electron chi connectivity index (χ2n) is 5.84. The second kappa shape index (κ2) is 6.16. The fraction of sp³-hybridized carbons (Fsp3) is 0.692. The number of aromatic nitrogens is 2. The summed E-state index contributed by atoms with van der Waals surface area (Å²) in [5.41, 5.74) is 2.41. The Kier molecular flexibility index (Phi) is 5.08. The summed E-state index contributed by atoms with van der Waals surface area (Å²) in [4.78, 5) is 11.0. The molecule has 0 aliphatic heterocycles. The number of nitrogens with two attached hydrogens (primary N) is 1. The van der Waals surface area contributed by atoms with E-state index in [2.05, 4.69) is 50.0 Å². The van der Waals surface area contributed by atoms with Gasteiger partial charge in [0.15, 0.2) is 0 Å². The van der Waals surface area contributed by atoms with E-state index >= 15 is 0 Å². The maximum atomic E-state index is 9.18. The molecule has 0 aliphatic rings. The molecule has 6 nitrogen and oxygen atoms in total. The average Bonchev–Trinajstić information content (AvgIpc) is 2.33. The van der Waals surface area contributed by atoms with E-state index in [0.717, 1.165) is 11.6 Å². The predicted molar refractivity (Wildman–Crippen MR) is 78.1 cm³/mol. The summed E-state index contributed by atoms with van der Waals surface area (Å²) in [7, 11) is 0. The summed E-state index contributed by atoms with van der Waals surface area (Å²) in [5, 5.41) is 9.18. The minimum absolute atomic E-state index is 0.0818. The largest absolute Gasteiger partial charge is 0.395 e. The van der Waals surface area contributed by atoms with Gasteiger partial charge >= 0.3 is 0 Å². The van der Waals surface area contributed by atoms with Crippen molar-refractivity contribution in [2.24, 2.45) is 5.84 Å². The third-order valence-electron chi connectivity index (χ3n) is 2.79. The predicted octanol–water partition coefficient (Wildman–Crippen LogP) is 1.27. The molecular formula is C13H25N5O. The Morgan fingerprint density at radius 1 is 1.37 bits per heavy atom. The summed E-state index contributed by atoms with van der Waals surface area (Å²) < 4.78 is 0. The summed E-state index contributed by atoms with van der Waals surface area (Å²) in [6, 6.07) is 2.03. The van der Waals surface area contributed by atoms with Crippen LogP contribution in [0, 0.1) is 0 Å². The molecule has 0 bridgehead atoms. The molecule has 19 heavy (non-hydrogen) atoms. The molecule has 4 N–H and O–H groups in total. The van der Waals surface area contributed by atoms with Crippen molar-refractivity contribution >= 4 is 11.6 Å². The molecule has 0 atom stereocenters. The first-order chi connectivity index (χ1) is 8.79. The highest BCUT2D eigenvalue weighted by Gasteiger charge is 2.21. The molecule has 0 amide bonds. The Morgan fingerprint density at radius 3 is 2.42 bits per heavy atom. The molecule has 6 heteroatoms. The van der Waals surface area contributed by atoms with Crippen LogP contribution in [0.1, 0.15) is 40.4 Å². The van der Waals surface area contributed by atoms with Crippen LogP contribution in [-0.2, 0) is 5.41 Å². The molecule has 0 unspecified atom stereocenters. The fourth-order valence-corrected chi connectivity index (χ4v) is 1.74. The van der Waals surface area contributed by atoms with Crippen LogP contribution in [-0.4, -0.2) is 34.3 Å². The van der Waals surface area contributed by atoms with Crippen LogP contribution in [0.2, 0.25) is 0 Å². The van der Waals surface area contributed by atoms with Gasteiger partial charge in [0.05, 0.1) is 6.61 Å². The molecule has 1 aromatic rings. The first-order valence-electron chi connectivity index (χ1n) is 6.53. The Balaban J connectivity index is 3.25. The molecule has 1 aromatic heterocycles. The van der Waals surface area contributed by atoms with E-state index in [1.54, 1.807) is 6.07 Å². The van der Waals surface area contributed by atoms with E-state index in [9.17, 15) is 5.11 Å². The Labute approximate surface area is 115 Å². The molecule has 0 spiro atoms. The van der Waals surface area contributed by atoms with Crippen LogP contribution >= 0.6 is 0 Å². The van der Waals surface area contributed by atoms with E-state index < -0.39 is 0 Å². The van der Waals surface area contributed by atoms with E-state index in [4.69, 9.17) is 5.84 Å². The smallest absolute Gasteiger partial charge is 0.145 e. The summed E-state index contributed by atoms with van der Waals surface area (Å²) in [6.07, 6.45) is 0. The fourth-order valence-electron chi connectivity index (χ4n) is 1.74. The van der Waals surface area contributed by atoms with E-state index in [-0.39, 0.29) is 18.1 Å². The molecule has 108 valence electrons. The normalized spacial score (nSPS) is 11.8. The number of hydrazine groups is 1. The first-order valence-corrected chi connectivity index (χ1v) is 6.53. The number of anilines is 2. The Bertz CT molecular complexity index is 414. The van der Waals surface area contributed by atoms with Crippen molar-refractivity contribution in [2.45, 2.75) is 46.1 Å². The van der Waals surface area contributed by atoms with Gasteiger partial charge in [-0.25, -0.2) is 15.8 Å². The molecule has 0 aromatic carbocycles. The molecule has 1 rings (SSSR count). The number of hydrogen-bond donors (Lipinski definition) is 3. The van der Waals surface area contributed by atoms with Crippen molar-refractivity contribution in [1.29, 1.82) is 0 Å². The Morgan fingerprint density at radius 2 is 2.00 bits per heavy atom. The SMILES string of the molecule is CC(C)N(CCO)c1cc(NN)nc(C(C)(C)C)n1. The third-order valence-corrected chi connectivity index (χ3v) is 2.79. The highest BCUT2D eigenvalue weighted by Crippen LogP contribution is 2.24. The quantitative estimate of drug-likeness (QED) is 0.550. The number of nitrogen functional groups attached to an aromatic ring is 1. The van der Waals surface area contributed by atoms with Crippen molar-refractivity contribution in [2.75, 3.05) is 23.5 Å². The summed E-state index contributed by atoms with van der Waals surface area (Å²) in [6.45, 7) is 10.9. The number of aliphatic hydroxyl groups excluding tert-OH is 1. The maximum absolute atomic E-state index is 9.18. The maximum Gasteiger partial charge on any atom is 0.145 e. The molecule has 0 saturated heterocycles.